The highest BCUT2D eigenvalue weighted by Crippen LogP contribution is 2.50. The maximum absolute atomic E-state index is 15.5. The van der Waals surface area contributed by atoms with Crippen LogP contribution in [0.1, 0.15) is 37.5 Å². The molecule has 152 valence electrons. The summed E-state index contributed by atoms with van der Waals surface area (Å²) in [5.74, 6) is 1.24. The van der Waals surface area contributed by atoms with E-state index in [9.17, 15) is 4.39 Å². The largest absolute Gasteiger partial charge is 0.385 e. The maximum Gasteiger partial charge on any atom is 0.304 e. The van der Waals surface area contributed by atoms with Gasteiger partial charge in [-0.3, -0.25) is 4.99 Å². The number of ether oxygens (including phenoxy) is 1. The molecule has 0 unspecified atom stereocenters. The van der Waals surface area contributed by atoms with Gasteiger partial charge in [-0.1, -0.05) is 29.5 Å². The maximum atomic E-state index is 15.5. The first-order valence-electron chi connectivity index (χ1n) is 8.90. The number of alkyl halides is 2. The van der Waals surface area contributed by atoms with E-state index in [-0.39, 0.29) is 18.0 Å². The zero-order valence-electron chi connectivity index (χ0n) is 16.2. The number of amidine groups is 1. The minimum atomic E-state index is -3.55. The number of hydrogen-bond acceptors (Lipinski definition) is 3. The summed E-state index contributed by atoms with van der Waals surface area (Å²) < 4.78 is 50.9. The molecule has 7 heteroatoms. The Kier molecular flexibility index (Phi) is 5.42. The van der Waals surface area contributed by atoms with Crippen LogP contribution in [-0.2, 0) is 10.3 Å². The summed E-state index contributed by atoms with van der Waals surface area (Å²) in [5.41, 5.74) is 2.27. The first kappa shape index (κ1) is 21.2. The molecule has 3 nitrogen and oxygen atoms in total. The van der Waals surface area contributed by atoms with Gasteiger partial charge in [-0.15, -0.1) is 0 Å². The van der Waals surface area contributed by atoms with Crippen LogP contribution in [0.25, 0.3) is 0 Å². The molecule has 0 amide bonds. The first-order valence-corrected chi connectivity index (χ1v) is 9.28. The van der Waals surface area contributed by atoms with Crippen molar-refractivity contribution < 1.29 is 17.9 Å². The molecule has 0 radical (unpaired) electrons. The monoisotopic (exact) mass is 420 g/mol. The number of benzene rings is 2. The molecule has 1 atom stereocenters. The average Bonchev–Trinajstić information content (AvgIpc) is 2.70. The van der Waals surface area contributed by atoms with E-state index >= 15 is 8.78 Å². The number of aliphatic imine (C=N–C) groups is 1. The van der Waals surface area contributed by atoms with Gasteiger partial charge in [-0.05, 0) is 57.2 Å². The van der Waals surface area contributed by atoms with E-state index in [0.717, 1.165) is 13.0 Å². The van der Waals surface area contributed by atoms with Crippen molar-refractivity contribution in [3.8, 4) is 11.8 Å². The summed E-state index contributed by atoms with van der Waals surface area (Å²) in [7, 11) is 0. The molecule has 29 heavy (non-hydrogen) atoms. The van der Waals surface area contributed by atoms with Crippen molar-refractivity contribution in [2.24, 2.45) is 10.7 Å². The van der Waals surface area contributed by atoms with Gasteiger partial charge in [0.15, 0.2) is 5.54 Å². The molecule has 2 aromatic carbocycles. The molecule has 1 aliphatic rings. The molecule has 0 bridgehead atoms. The second kappa shape index (κ2) is 7.40. The van der Waals surface area contributed by atoms with Crippen molar-refractivity contribution in [1.29, 1.82) is 0 Å². The number of nitrogens with zero attached hydrogens (tertiary/aromatic N) is 1. The number of halogens is 4. The highest BCUT2D eigenvalue weighted by Gasteiger charge is 2.63. The lowest BCUT2D eigenvalue weighted by atomic mass is 9.77. The molecule has 2 aromatic rings. The van der Waals surface area contributed by atoms with E-state index in [1.54, 1.807) is 24.3 Å². The SMILES string of the molecule is CC1(C)OCC(N)=N[C@](C)(c2cc(C#Cc3cccc(Cl)c3)ccc2F)C1(F)F. The van der Waals surface area contributed by atoms with E-state index in [0.29, 0.717) is 16.1 Å². The van der Waals surface area contributed by atoms with Gasteiger partial charge in [0.05, 0.1) is 0 Å². The van der Waals surface area contributed by atoms with Crippen LogP contribution >= 0.6 is 11.6 Å². The highest BCUT2D eigenvalue weighted by atomic mass is 35.5. The van der Waals surface area contributed by atoms with Gasteiger partial charge < -0.3 is 10.5 Å². The Morgan fingerprint density at radius 2 is 1.72 bits per heavy atom. The van der Waals surface area contributed by atoms with Gasteiger partial charge in [-0.2, -0.15) is 0 Å². The fraction of sp³-hybridized carbons (Fsp3) is 0.318. The number of hydrogen-bond donors (Lipinski definition) is 1. The van der Waals surface area contributed by atoms with E-state index < -0.39 is 22.9 Å². The molecule has 0 saturated carbocycles. The molecular formula is C22H20ClF3N2O. The van der Waals surface area contributed by atoms with Crippen LogP contribution in [0.3, 0.4) is 0 Å². The van der Waals surface area contributed by atoms with Gasteiger partial charge in [-0.25, -0.2) is 13.2 Å². The minimum Gasteiger partial charge on any atom is -0.385 e. The molecule has 0 aromatic heterocycles. The summed E-state index contributed by atoms with van der Waals surface area (Å²) in [5, 5.41) is 0.522. The van der Waals surface area contributed by atoms with Gasteiger partial charge in [0, 0.05) is 21.7 Å². The van der Waals surface area contributed by atoms with E-state index in [1.807, 2.05) is 0 Å². The topological polar surface area (TPSA) is 47.6 Å². The molecular weight excluding hydrogens is 401 g/mol. The Bertz CT molecular complexity index is 1040. The molecule has 1 aliphatic heterocycles. The van der Waals surface area contributed by atoms with E-state index in [1.165, 1.54) is 26.0 Å². The summed E-state index contributed by atoms with van der Waals surface area (Å²) in [4.78, 5) is 3.97. The van der Waals surface area contributed by atoms with Crippen LogP contribution in [0.2, 0.25) is 5.02 Å². The Labute approximate surface area is 172 Å². The quantitative estimate of drug-likeness (QED) is 0.667. The molecule has 0 aliphatic carbocycles. The Morgan fingerprint density at radius 1 is 1.07 bits per heavy atom. The van der Waals surface area contributed by atoms with E-state index in [4.69, 9.17) is 22.1 Å². The fourth-order valence-electron chi connectivity index (χ4n) is 3.24. The molecule has 0 saturated heterocycles. The van der Waals surface area contributed by atoms with Crippen LogP contribution in [0, 0.1) is 17.7 Å². The molecule has 3 rings (SSSR count). The standard InChI is InChI=1S/C22H20ClF3N2O/c1-20(2)22(25,26)21(3,28-19(27)13-29-20)17-12-15(9-10-18(17)24)8-7-14-5-4-6-16(23)11-14/h4-6,9-12H,13H2,1-3H3,(H2,27,28)/t21-/m1/s1. The minimum absolute atomic E-state index is 0.132. The number of rotatable bonds is 1. The van der Waals surface area contributed by atoms with Gasteiger partial charge in [0.1, 0.15) is 23.9 Å². The number of nitrogens with two attached hydrogens (primary N) is 1. The lowest BCUT2D eigenvalue weighted by Gasteiger charge is -2.41. The molecule has 0 fully saturated rings. The van der Waals surface area contributed by atoms with Crippen molar-refractivity contribution in [3.05, 3.63) is 70.0 Å². The van der Waals surface area contributed by atoms with Crippen molar-refractivity contribution in [2.75, 3.05) is 6.61 Å². The fourth-order valence-corrected chi connectivity index (χ4v) is 3.43. The smallest absolute Gasteiger partial charge is 0.304 e. The van der Waals surface area contributed by atoms with Gasteiger partial charge in [0.2, 0.25) is 0 Å². The summed E-state index contributed by atoms with van der Waals surface area (Å²) >= 11 is 5.94. The van der Waals surface area contributed by atoms with Crippen molar-refractivity contribution >= 4 is 17.4 Å². The average molecular weight is 421 g/mol. The molecule has 2 N–H and O–H groups in total. The second-order valence-electron chi connectivity index (χ2n) is 7.50. The van der Waals surface area contributed by atoms with E-state index in [2.05, 4.69) is 16.8 Å². The Balaban J connectivity index is 2.13. The van der Waals surface area contributed by atoms with Crippen LogP contribution in [0.4, 0.5) is 13.2 Å². The van der Waals surface area contributed by atoms with Crippen molar-refractivity contribution in [3.63, 3.8) is 0 Å². The summed E-state index contributed by atoms with van der Waals surface area (Å²) in [6.45, 7) is 3.36. The third-order valence-corrected chi connectivity index (χ3v) is 5.22. The zero-order valence-corrected chi connectivity index (χ0v) is 16.9. The van der Waals surface area contributed by atoms with Gasteiger partial charge in [0.25, 0.3) is 0 Å². The van der Waals surface area contributed by atoms with Crippen LogP contribution in [0.15, 0.2) is 47.5 Å². The first-order chi connectivity index (χ1) is 13.5. The van der Waals surface area contributed by atoms with Crippen molar-refractivity contribution in [2.45, 2.75) is 37.8 Å². The molecule has 1 heterocycles. The molecule has 0 spiro atoms. The summed E-state index contributed by atoms with van der Waals surface area (Å²) in [6.07, 6.45) is 0. The normalized spacial score (nSPS) is 22.8. The Hall–Kier alpha value is -2.49. The summed E-state index contributed by atoms with van der Waals surface area (Å²) in [6, 6.07) is 10.7. The predicted octanol–water partition coefficient (Wildman–Crippen LogP) is 4.90. The lowest BCUT2D eigenvalue weighted by molar-refractivity contribution is -0.214. The predicted molar refractivity (Wildman–Crippen MR) is 108 cm³/mol. The third-order valence-electron chi connectivity index (χ3n) is 4.98. The Morgan fingerprint density at radius 3 is 2.38 bits per heavy atom. The third kappa shape index (κ3) is 3.85. The highest BCUT2D eigenvalue weighted by molar-refractivity contribution is 6.30. The van der Waals surface area contributed by atoms with Crippen molar-refractivity contribution in [1.82, 2.24) is 0 Å². The lowest BCUT2D eigenvalue weighted by Crippen LogP contribution is -2.56. The second-order valence-corrected chi connectivity index (χ2v) is 7.94. The van der Waals surface area contributed by atoms with Crippen LogP contribution < -0.4 is 5.73 Å². The van der Waals surface area contributed by atoms with Gasteiger partial charge >= 0.3 is 5.92 Å². The zero-order chi connectivity index (χ0) is 21.4. The van der Waals surface area contributed by atoms with Crippen LogP contribution in [-0.4, -0.2) is 24.0 Å². The van der Waals surface area contributed by atoms with Crippen LogP contribution in [0.5, 0.6) is 0 Å².